The molecule has 1 saturated carbocycles. The van der Waals surface area contributed by atoms with Gasteiger partial charge < -0.3 is 9.84 Å². The summed E-state index contributed by atoms with van der Waals surface area (Å²) in [5.41, 5.74) is -0.559. The summed E-state index contributed by atoms with van der Waals surface area (Å²) in [5, 5.41) is 9.45. The highest BCUT2D eigenvalue weighted by Gasteiger charge is 2.72. The number of halogens is 2. The molecule has 0 aromatic heterocycles. The van der Waals surface area contributed by atoms with Crippen LogP contribution < -0.4 is 4.74 Å². The largest absolute Gasteiger partial charge is 0.494 e. The lowest BCUT2D eigenvalue weighted by molar-refractivity contribution is -0.140. The van der Waals surface area contributed by atoms with Crippen LogP contribution in [0.2, 0.25) is 0 Å². The fourth-order valence-corrected chi connectivity index (χ4v) is 4.00. The number of unbranched alkanes of at least 4 members (excludes halogenated alkanes) is 7. The molecule has 0 heterocycles. The van der Waals surface area contributed by atoms with Gasteiger partial charge in [-0.2, -0.15) is 0 Å². The number of alkyl halides is 2. The van der Waals surface area contributed by atoms with Crippen LogP contribution in [0, 0.1) is 0 Å². The molecule has 0 saturated heterocycles. The van der Waals surface area contributed by atoms with Crippen molar-refractivity contribution in [3.8, 4) is 5.75 Å². The third kappa shape index (κ3) is 5.04. The van der Waals surface area contributed by atoms with Crippen LogP contribution in [0.4, 0.5) is 0 Å². The maximum absolute atomic E-state index is 11.5. The number of hydrogen-bond donors (Lipinski definition) is 1. The Morgan fingerprint density at radius 3 is 2.04 bits per heavy atom. The van der Waals surface area contributed by atoms with Crippen LogP contribution in [-0.4, -0.2) is 22.0 Å². The molecule has 1 aromatic rings. The standard InChI is InChI=1S/C20H28Cl2O3/c1-2-3-4-5-6-7-8-9-14-25-17-12-10-16(11-13-17)19(18(23)24)15-20(19,21)22/h10-13H,2-9,14-15H2,1H3,(H,23,24). The van der Waals surface area contributed by atoms with Crippen LogP contribution in [-0.2, 0) is 10.2 Å². The van der Waals surface area contributed by atoms with Gasteiger partial charge in [-0.15, -0.1) is 0 Å². The van der Waals surface area contributed by atoms with Crippen LogP contribution in [0.15, 0.2) is 24.3 Å². The first kappa shape index (κ1) is 20.4. The van der Waals surface area contributed by atoms with Gasteiger partial charge in [0.1, 0.15) is 15.5 Å². The van der Waals surface area contributed by atoms with Crippen molar-refractivity contribution in [3.05, 3.63) is 29.8 Å². The molecule has 1 atom stereocenters. The van der Waals surface area contributed by atoms with Gasteiger partial charge in [-0.05, 0) is 24.1 Å². The van der Waals surface area contributed by atoms with Gasteiger partial charge in [0, 0.05) is 6.42 Å². The smallest absolute Gasteiger partial charge is 0.317 e. The summed E-state index contributed by atoms with van der Waals surface area (Å²) in [6, 6.07) is 7.10. The Labute approximate surface area is 160 Å². The van der Waals surface area contributed by atoms with Crippen molar-refractivity contribution in [2.24, 2.45) is 0 Å². The number of carbonyl (C=O) groups is 1. The molecule has 2 rings (SSSR count). The van der Waals surface area contributed by atoms with E-state index in [9.17, 15) is 9.90 Å². The number of hydrogen-bond acceptors (Lipinski definition) is 2. The molecule has 140 valence electrons. The summed E-state index contributed by atoms with van der Waals surface area (Å²) in [7, 11) is 0. The highest BCUT2D eigenvalue weighted by atomic mass is 35.5. The lowest BCUT2D eigenvalue weighted by Crippen LogP contribution is -2.26. The maximum atomic E-state index is 11.5. The Bertz CT molecular complexity index is 557. The number of rotatable bonds is 12. The van der Waals surface area contributed by atoms with E-state index in [0.29, 0.717) is 12.2 Å². The zero-order valence-electron chi connectivity index (χ0n) is 14.9. The Morgan fingerprint density at radius 2 is 1.56 bits per heavy atom. The van der Waals surface area contributed by atoms with E-state index in [1.54, 1.807) is 24.3 Å². The SMILES string of the molecule is CCCCCCCCCCOc1ccc(C2(C(=O)O)CC2(Cl)Cl)cc1. The second-order valence-electron chi connectivity index (χ2n) is 6.94. The molecule has 5 heteroatoms. The van der Waals surface area contributed by atoms with E-state index in [0.717, 1.165) is 12.2 Å². The second kappa shape index (κ2) is 9.14. The molecule has 1 unspecified atom stereocenters. The number of carboxylic acids is 1. The molecule has 25 heavy (non-hydrogen) atoms. The van der Waals surface area contributed by atoms with E-state index in [-0.39, 0.29) is 6.42 Å². The number of benzene rings is 1. The fourth-order valence-electron chi connectivity index (χ4n) is 3.22. The summed E-state index contributed by atoms with van der Waals surface area (Å²) < 4.78 is 4.51. The predicted molar refractivity (Wildman–Crippen MR) is 103 cm³/mol. The highest BCUT2D eigenvalue weighted by Crippen LogP contribution is 2.65. The molecule has 0 bridgehead atoms. The Hall–Kier alpha value is -0.930. The minimum Gasteiger partial charge on any atom is -0.494 e. The van der Waals surface area contributed by atoms with Gasteiger partial charge in [0.15, 0.2) is 0 Å². The molecular weight excluding hydrogens is 359 g/mol. The summed E-state index contributed by atoms with van der Waals surface area (Å²) >= 11 is 12.1. The molecule has 1 aromatic carbocycles. The first-order valence-corrected chi connectivity index (χ1v) is 10.0. The lowest BCUT2D eigenvalue weighted by Gasteiger charge is -2.14. The van der Waals surface area contributed by atoms with Crippen LogP contribution in [0.3, 0.4) is 0 Å². The van der Waals surface area contributed by atoms with E-state index < -0.39 is 15.7 Å². The molecule has 3 nitrogen and oxygen atoms in total. The fraction of sp³-hybridized carbons (Fsp3) is 0.650. The van der Waals surface area contributed by atoms with Crippen LogP contribution >= 0.6 is 23.2 Å². The van der Waals surface area contributed by atoms with E-state index in [2.05, 4.69) is 6.92 Å². The van der Waals surface area contributed by atoms with Crippen LogP contribution in [0.1, 0.15) is 70.3 Å². The van der Waals surface area contributed by atoms with Crippen molar-refractivity contribution in [1.29, 1.82) is 0 Å². The van der Waals surface area contributed by atoms with Gasteiger partial charge >= 0.3 is 5.97 Å². The maximum Gasteiger partial charge on any atom is 0.317 e. The predicted octanol–water partition coefficient (Wildman–Crippen LogP) is 6.11. The highest BCUT2D eigenvalue weighted by molar-refractivity contribution is 6.54. The van der Waals surface area contributed by atoms with Crippen molar-refractivity contribution in [1.82, 2.24) is 0 Å². The summed E-state index contributed by atoms with van der Waals surface area (Å²) in [5.74, 6) is -0.229. The zero-order chi connectivity index (χ0) is 18.3. The van der Waals surface area contributed by atoms with E-state index in [1.165, 1.54) is 44.9 Å². The Balaban J connectivity index is 1.69. The molecule has 0 amide bonds. The van der Waals surface area contributed by atoms with Gasteiger partial charge in [0.05, 0.1) is 6.61 Å². The van der Waals surface area contributed by atoms with Gasteiger partial charge in [0.25, 0.3) is 0 Å². The number of ether oxygens (including phenoxy) is 1. The third-order valence-corrected chi connectivity index (χ3v) is 5.88. The average molecular weight is 387 g/mol. The Kier molecular flexibility index (Phi) is 7.45. The molecular formula is C20H28Cl2O3. The van der Waals surface area contributed by atoms with Gasteiger partial charge in [-0.1, -0.05) is 87.2 Å². The van der Waals surface area contributed by atoms with E-state index in [1.807, 2.05) is 0 Å². The zero-order valence-corrected chi connectivity index (χ0v) is 16.4. The van der Waals surface area contributed by atoms with Crippen LogP contribution in [0.5, 0.6) is 5.75 Å². The molecule has 1 aliphatic rings. The van der Waals surface area contributed by atoms with Gasteiger partial charge in [-0.3, -0.25) is 4.79 Å². The molecule has 1 aliphatic carbocycles. The third-order valence-electron chi connectivity index (χ3n) is 4.97. The van der Waals surface area contributed by atoms with Crippen molar-refractivity contribution in [2.45, 2.75) is 74.5 Å². The molecule has 1 N–H and O–H groups in total. The summed E-state index contributed by atoms with van der Waals surface area (Å²) in [6.07, 6.45) is 10.4. The quantitative estimate of drug-likeness (QED) is 0.348. The minimum atomic E-state index is -1.22. The first-order valence-electron chi connectivity index (χ1n) is 9.28. The van der Waals surface area contributed by atoms with E-state index in [4.69, 9.17) is 27.9 Å². The minimum absolute atomic E-state index is 0.233. The van der Waals surface area contributed by atoms with Crippen molar-refractivity contribution >= 4 is 29.2 Å². The lowest BCUT2D eigenvalue weighted by atomic mass is 9.96. The summed E-state index contributed by atoms with van der Waals surface area (Å²) in [4.78, 5) is 11.5. The molecule has 1 fully saturated rings. The van der Waals surface area contributed by atoms with E-state index >= 15 is 0 Å². The number of aliphatic carboxylic acids is 1. The molecule has 0 spiro atoms. The van der Waals surface area contributed by atoms with Crippen molar-refractivity contribution < 1.29 is 14.6 Å². The average Bonchev–Trinajstić information content (AvgIpc) is 3.18. The van der Waals surface area contributed by atoms with Crippen molar-refractivity contribution in [3.63, 3.8) is 0 Å². The molecule has 0 radical (unpaired) electrons. The topological polar surface area (TPSA) is 46.5 Å². The van der Waals surface area contributed by atoms with Crippen molar-refractivity contribution in [2.75, 3.05) is 6.61 Å². The molecule has 0 aliphatic heterocycles. The summed E-state index contributed by atoms with van der Waals surface area (Å²) in [6.45, 7) is 2.92. The monoisotopic (exact) mass is 386 g/mol. The normalized spacial score (nSPS) is 21.1. The number of carboxylic acid groups (broad SMARTS) is 1. The Morgan fingerprint density at radius 1 is 1.04 bits per heavy atom. The first-order chi connectivity index (χ1) is 11.9. The van der Waals surface area contributed by atoms with Gasteiger partial charge in [-0.25, -0.2) is 0 Å². The van der Waals surface area contributed by atoms with Crippen LogP contribution in [0.25, 0.3) is 0 Å². The van der Waals surface area contributed by atoms with Gasteiger partial charge in [0.2, 0.25) is 0 Å². The second-order valence-corrected chi connectivity index (χ2v) is 8.42.